The van der Waals surface area contributed by atoms with Gasteiger partial charge < -0.3 is 14.4 Å². The van der Waals surface area contributed by atoms with E-state index in [9.17, 15) is 9.59 Å². The molecule has 2 saturated heterocycles. The van der Waals surface area contributed by atoms with E-state index in [0.717, 1.165) is 50.6 Å². The first-order valence-electron chi connectivity index (χ1n) is 12.7. The minimum atomic E-state index is -0.0324. The molecule has 2 aliphatic rings. The van der Waals surface area contributed by atoms with E-state index < -0.39 is 0 Å². The Morgan fingerprint density at radius 1 is 0.886 bits per heavy atom. The Hall–Kier alpha value is -3.39. The van der Waals surface area contributed by atoms with Crippen molar-refractivity contribution in [2.45, 2.75) is 26.2 Å². The van der Waals surface area contributed by atoms with Crippen LogP contribution in [0.1, 0.15) is 36.5 Å². The number of piperidine rings is 1. The number of hydrogen-bond donors (Lipinski definition) is 0. The molecule has 184 valence electrons. The van der Waals surface area contributed by atoms with Gasteiger partial charge in [0.1, 0.15) is 5.56 Å². The van der Waals surface area contributed by atoms with Gasteiger partial charge in [0.15, 0.2) is 5.82 Å². The summed E-state index contributed by atoms with van der Waals surface area (Å²) in [6, 6.07) is 13.7. The highest BCUT2D eigenvalue weighted by Gasteiger charge is 2.33. The lowest BCUT2D eigenvalue weighted by molar-refractivity contribution is -0.138. The normalized spacial score (nSPS) is 17.6. The summed E-state index contributed by atoms with van der Waals surface area (Å²) >= 11 is 0. The Morgan fingerprint density at radius 2 is 1.57 bits per heavy atom. The van der Waals surface area contributed by atoms with Crippen LogP contribution in [0.4, 0.5) is 0 Å². The molecule has 8 heteroatoms. The summed E-state index contributed by atoms with van der Waals surface area (Å²) in [5.41, 5.74) is 1.47. The highest BCUT2D eigenvalue weighted by atomic mass is 16.2. The smallest absolute Gasteiger partial charge is 0.259 e. The molecule has 0 atom stereocenters. The second-order valence-electron chi connectivity index (χ2n) is 9.45. The van der Waals surface area contributed by atoms with Crippen molar-refractivity contribution in [1.82, 2.24) is 29.0 Å². The van der Waals surface area contributed by atoms with Crippen molar-refractivity contribution in [3.8, 4) is 11.5 Å². The molecule has 0 bridgehead atoms. The highest BCUT2D eigenvalue weighted by Crippen LogP contribution is 2.25. The second kappa shape index (κ2) is 10.5. The van der Waals surface area contributed by atoms with Gasteiger partial charge in [-0.1, -0.05) is 25.1 Å². The van der Waals surface area contributed by atoms with E-state index in [1.807, 2.05) is 73.9 Å². The molecule has 35 heavy (non-hydrogen) atoms. The number of carbonyl (C=O) groups excluding carboxylic acids is 2. The topological polar surface area (TPSA) is 66.6 Å². The van der Waals surface area contributed by atoms with Crippen LogP contribution in [0.5, 0.6) is 0 Å². The molecule has 1 aromatic carbocycles. The van der Waals surface area contributed by atoms with Gasteiger partial charge in [-0.15, -0.1) is 0 Å². The quantitative estimate of drug-likeness (QED) is 0.551. The molecule has 2 fully saturated rings. The van der Waals surface area contributed by atoms with Gasteiger partial charge in [-0.25, -0.2) is 4.68 Å². The molecule has 2 aromatic heterocycles. The minimum Gasteiger partial charge on any atom is -0.340 e. The Balaban J connectivity index is 1.26. The lowest BCUT2D eigenvalue weighted by Gasteiger charge is -2.38. The van der Waals surface area contributed by atoms with Crippen molar-refractivity contribution >= 4 is 11.8 Å². The lowest BCUT2D eigenvalue weighted by Crippen LogP contribution is -2.52. The number of carbonyl (C=O) groups is 2. The summed E-state index contributed by atoms with van der Waals surface area (Å²) in [6.07, 6.45) is 8.10. The average Bonchev–Trinajstić information content (AvgIpc) is 3.59. The Labute approximate surface area is 206 Å². The van der Waals surface area contributed by atoms with Crippen molar-refractivity contribution in [3.05, 3.63) is 66.6 Å². The van der Waals surface area contributed by atoms with Gasteiger partial charge in [-0.05, 0) is 50.1 Å². The molecule has 0 radical (unpaired) electrons. The van der Waals surface area contributed by atoms with Gasteiger partial charge in [0.05, 0.1) is 11.9 Å². The number of aromatic nitrogens is 3. The van der Waals surface area contributed by atoms with Crippen LogP contribution in [0.2, 0.25) is 0 Å². The van der Waals surface area contributed by atoms with E-state index >= 15 is 0 Å². The van der Waals surface area contributed by atoms with Crippen LogP contribution < -0.4 is 0 Å². The fraction of sp³-hybridized carbons (Fsp3) is 0.444. The third-order valence-corrected chi connectivity index (χ3v) is 7.18. The first kappa shape index (κ1) is 23.4. The first-order chi connectivity index (χ1) is 17.2. The van der Waals surface area contributed by atoms with Crippen LogP contribution >= 0.6 is 0 Å². The zero-order valence-electron chi connectivity index (χ0n) is 20.4. The fourth-order valence-corrected chi connectivity index (χ4v) is 5.24. The Morgan fingerprint density at radius 3 is 2.23 bits per heavy atom. The van der Waals surface area contributed by atoms with Crippen molar-refractivity contribution in [3.63, 3.8) is 0 Å². The van der Waals surface area contributed by atoms with Crippen molar-refractivity contribution in [2.24, 2.45) is 5.92 Å². The molecule has 2 aliphatic heterocycles. The highest BCUT2D eigenvalue weighted by molar-refractivity contribution is 5.97. The Bertz CT molecular complexity index is 1120. The van der Waals surface area contributed by atoms with Crippen LogP contribution in [0, 0.1) is 5.92 Å². The fourth-order valence-electron chi connectivity index (χ4n) is 5.24. The monoisotopic (exact) mass is 474 g/mol. The van der Waals surface area contributed by atoms with E-state index in [4.69, 9.17) is 0 Å². The van der Waals surface area contributed by atoms with Crippen LogP contribution in [-0.4, -0.2) is 86.7 Å². The number of nitrogens with zero attached hydrogens (tertiary/aromatic N) is 6. The SMILES string of the molecule is CCCN1CCN(C(=O)C2CCN(C(=O)c3cnn(-c4ccccc4)c3-n3cccc3)CC2)CC1. The molecule has 0 spiro atoms. The number of hydrogen-bond acceptors (Lipinski definition) is 4. The summed E-state index contributed by atoms with van der Waals surface area (Å²) < 4.78 is 3.74. The molecular weight excluding hydrogens is 440 g/mol. The van der Waals surface area contributed by atoms with Gasteiger partial charge >= 0.3 is 0 Å². The van der Waals surface area contributed by atoms with E-state index in [0.29, 0.717) is 31.5 Å². The number of amides is 2. The molecule has 3 aromatic rings. The van der Waals surface area contributed by atoms with Gasteiger partial charge in [-0.3, -0.25) is 14.5 Å². The van der Waals surface area contributed by atoms with Crippen molar-refractivity contribution < 1.29 is 9.59 Å². The van der Waals surface area contributed by atoms with Crippen LogP contribution in [-0.2, 0) is 4.79 Å². The van der Waals surface area contributed by atoms with Gasteiger partial charge in [0.25, 0.3) is 5.91 Å². The number of likely N-dealkylation sites (tertiary alicyclic amines) is 1. The van der Waals surface area contributed by atoms with Gasteiger partial charge in [0.2, 0.25) is 5.91 Å². The van der Waals surface area contributed by atoms with Gasteiger partial charge in [0, 0.05) is 57.6 Å². The third-order valence-electron chi connectivity index (χ3n) is 7.18. The largest absolute Gasteiger partial charge is 0.340 e. The average molecular weight is 475 g/mol. The molecule has 5 rings (SSSR count). The standard InChI is InChI=1S/C27H34N6O2/c1-2-12-29-17-19-32(20-18-29)26(34)22-10-15-31(16-11-22)27(35)24-21-28-33(23-8-4-3-5-9-23)25(24)30-13-6-7-14-30/h3-9,13-14,21-22H,2,10-12,15-20H2,1H3. The number of benzene rings is 1. The third kappa shape index (κ3) is 4.89. The summed E-state index contributed by atoms with van der Waals surface area (Å²) in [4.78, 5) is 33.1. The van der Waals surface area contributed by atoms with Crippen LogP contribution in [0.15, 0.2) is 61.1 Å². The van der Waals surface area contributed by atoms with E-state index in [1.54, 1.807) is 6.20 Å². The molecule has 0 saturated carbocycles. The lowest BCUT2D eigenvalue weighted by atomic mass is 9.94. The van der Waals surface area contributed by atoms with E-state index in [1.165, 1.54) is 0 Å². The molecule has 0 N–H and O–H groups in total. The summed E-state index contributed by atoms with van der Waals surface area (Å²) in [6.45, 7) is 8.04. The number of piperazine rings is 1. The predicted octanol–water partition coefficient (Wildman–Crippen LogP) is 3.07. The number of para-hydroxylation sites is 1. The van der Waals surface area contributed by atoms with E-state index in [-0.39, 0.29) is 17.7 Å². The molecule has 4 heterocycles. The molecule has 0 unspecified atom stereocenters. The molecule has 2 amide bonds. The molecule has 0 aliphatic carbocycles. The molecular formula is C27H34N6O2. The first-order valence-corrected chi connectivity index (χ1v) is 12.7. The van der Waals surface area contributed by atoms with Gasteiger partial charge in [-0.2, -0.15) is 5.10 Å². The molecule has 8 nitrogen and oxygen atoms in total. The minimum absolute atomic E-state index is 0.00716. The zero-order chi connectivity index (χ0) is 24.2. The maximum absolute atomic E-state index is 13.6. The maximum Gasteiger partial charge on any atom is 0.259 e. The Kier molecular flexibility index (Phi) is 6.99. The zero-order valence-corrected chi connectivity index (χ0v) is 20.4. The second-order valence-corrected chi connectivity index (χ2v) is 9.45. The maximum atomic E-state index is 13.6. The summed E-state index contributed by atoms with van der Waals surface area (Å²) in [7, 11) is 0. The van der Waals surface area contributed by atoms with Crippen molar-refractivity contribution in [2.75, 3.05) is 45.8 Å². The van der Waals surface area contributed by atoms with E-state index in [2.05, 4.69) is 16.9 Å². The number of rotatable bonds is 6. The van der Waals surface area contributed by atoms with Crippen LogP contribution in [0.3, 0.4) is 0 Å². The van der Waals surface area contributed by atoms with Crippen LogP contribution in [0.25, 0.3) is 11.5 Å². The van der Waals surface area contributed by atoms with Crippen molar-refractivity contribution in [1.29, 1.82) is 0 Å². The summed E-state index contributed by atoms with van der Waals surface area (Å²) in [5.74, 6) is 0.968. The predicted molar refractivity (Wildman–Crippen MR) is 135 cm³/mol. The summed E-state index contributed by atoms with van der Waals surface area (Å²) in [5, 5.41) is 4.57.